The van der Waals surface area contributed by atoms with Crippen molar-refractivity contribution in [1.29, 1.82) is 0 Å². The van der Waals surface area contributed by atoms with Crippen LogP contribution in [0.4, 0.5) is 14.5 Å². The molecule has 33 heavy (non-hydrogen) atoms. The average Bonchev–Trinajstić information content (AvgIpc) is 3.05. The molecule has 1 unspecified atom stereocenters. The van der Waals surface area contributed by atoms with Gasteiger partial charge >= 0.3 is 0 Å². The minimum Gasteiger partial charge on any atom is -0.507 e. The second-order valence-electron chi connectivity index (χ2n) is 7.41. The maximum absolute atomic E-state index is 13.5. The van der Waals surface area contributed by atoms with E-state index in [1.54, 1.807) is 0 Å². The molecule has 4 rings (SSSR count). The Morgan fingerprint density at radius 3 is 2.18 bits per heavy atom. The minimum absolute atomic E-state index is 0.0175. The number of non-ortho nitro benzene ring substituents is 1. The van der Waals surface area contributed by atoms with E-state index in [0.29, 0.717) is 11.1 Å². The fraction of sp³-hybridized carbons (Fsp3) is 0.0833. The standard InChI is InChI=1S/C24H16F2N2O5/c25-17-8-4-14(5-9-17)13-27-21(15-6-10-18(26)11-7-15)20(23(30)24(27)31)22(29)16-2-1-3-19(12-16)28(32)33/h1-12,21,29H,13H2/b22-20-. The number of nitro benzene ring substituents is 1. The Labute approximate surface area is 186 Å². The second-order valence-corrected chi connectivity index (χ2v) is 7.41. The maximum atomic E-state index is 13.5. The van der Waals surface area contributed by atoms with Gasteiger partial charge in [-0.25, -0.2) is 8.78 Å². The summed E-state index contributed by atoms with van der Waals surface area (Å²) in [5.74, 6) is -3.50. The van der Waals surface area contributed by atoms with Crippen molar-refractivity contribution < 1.29 is 28.4 Å². The quantitative estimate of drug-likeness (QED) is 0.203. The zero-order valence-corrected chi connectivity index (χ0v) is 16.9. The molecule has 0 radical (unpaired) electrons. The smallest absolute Gasteiger partial charge is 0.295 e. The number of likely N-dealkylation sites (tertiary alicyclic amines) is 1. The Hall–Kier alpha value is -4.40. The van der Waals surface area contributed by atoms with Crippen LogP contribution in [0.1, 0.15) is 22.7 Å². The summed E-state index contributed by atoms with van der Waals surface area (Å²) in [5, 5.41) is 22.1. The van der Waals surface area contributed by atoms with E-state index in [9.17, 15) is 33.6 Å². The fourth-order valence-electron chi connectivity index (χ4n) is 3.74. The van der Waals surface area contributed by atoms with Gasteiger partial charge in [-0.3, -0.25) is 19.7 Å². The number of rotatable bonds is 5. The normalized spacial score (nSPS) is 17.4. The van der Waals surface area contributed by atoms with Crippen molar-refractivity contribution >= 4 is 23.1 Å². The van der Waals surface area contributed by atoms with Crippen LogP contribution in [0.15, 0.2) is 78.4 Å². The maximum Gasteiger partial charge on any atom is 0.295 e. The lowest BCUT2D eigenvalue weighted by molar-refractivity contribution is -0.384. The third-order valence-corrected chi connectivity index (χ3v) is 5.32. The number of carbonyl (C=O) groups is 2. The van der Waals surface area contributed by atoms with Crippen LogP contribution >= 0.6 is 0 Å². The Bertz CT molecular complexity index is 1290. The van der Waals surface area contributed by atoms with Gasteiger partial charge in [0.05, 0.1) is 16.5 Å². The summed E-state index contributed by atoms with van der Waals surface area (Å²) in [6, 6.07) is 14.3. The van der Waals surface area contributed by atoms with Crippen LogP contribution in [0.3, 0.4) is 0 Å². The van der Waals surface area contributed by atoms with E-state index in [4.69, 9.17) is 0 Å². The highest BCUT2D eigenvalue weighted by atomic mass is 19.1. The van der Waals surface area contributed by atoms with Gasteiger partial charge in [-0.1, -0.05) is 36.4 Å². The van der Waals surface area contributed by atoms with E-state index in [1.807, 2.05) is 0 Å². The minimum atomic E-state index is -1.09. The number of benzene rings is 3. The SMILES string of the molecule is O=C1C(=O)N(Cc2ccc(F)cc2)C(c2ccc(F)cc2)/C1=C(/O)c1cccc([N+](=O)[O-])c1. The molecule has 1 aliphatic heterocycles. The molecule has 1 N–H and O–H groups in total. The third kappa shape index (κ3) is 4.20. The predicted molar refractivity (Wildman–Crippen MR) is 114 cm³/mol. The lowest BCUT2D eigenvalue weighted by Gasteiger charge is -2.25. The van der Waals surface area contributed by atoms with E-state index in [0.717, 1.165) is 18.2 Å². The molecule has 0 aromatic heterocycles. The molecule has 0 saturated carbocycles. The molecule has 0 bridgehead atoms. The summed E-state index contributed by atoms with van der Waals surface area (Å²) in [6.07, 6.45) is 0. The monoisotopic (exact) mass is 450 g/mol. The molecule has 1 saturated heterocycles. The summed E-state index contributed by atoms with van der Waals surface area (Å²) >= 11 is 0. The van der Waals surface area contributed by atoms with Gasteiger partial charge < -0.3 is 10.0 Å². The molecule has 1 heterocycles. The third-order valence-electron chi connectivity index (χ3n) is 5.32. The summed E-state index contributed by atoms with van der Waals surface area (Å²) in [7, 11) is 0. The summed E-state index contributed by atoms with van der Waals surface area (Å²) < 4.78 is 26.8. The molecule has 0 spiro atoms. The first-order valence-electron chi connectivity index (χ1n) is 9.79. The zero-order valence-electron chi connectivity index (χ0n) is 16.9. The largest absolute Gasteiger partial charge is 0.507 e. The number of hydrogen-bond acceptors (Lipinski definition) is 5. The van der Waals surface area contributed by atoms with Crippen molar-refractivity contribution in [3.8, 4) is 0 Å². The van der Waals surface area contributed by atoms with Gasteiger partial charge in [0.1, 0.15) is 17.4 Å². The summed E-state index contributed by atoms with van der Waals surface area (Å²) in [6.45, 7) is -0.0847. The first-order valence-corrected chi connectivity index (χ1v) is 9.79. The number of ketones is 1. The van der Waals surface area contributed by atoms with Crippen LogP contribution in [0.25, 0.3) is 5.76 Å². The summed E-state index contributed by atoms with van der Waals surface area (Å²) in [5.41, 5.74) is 0.272. The number of hydrogen-bond donors (Lipinski definition) is 1. The molecule has 3 aromatic carbocycles. The molecule has 7 nitrogen and oxygen atoms in total. The van der Waals surface area contributed by atoms with Gasteiger partial charge in [0, 0.05) is 24.2 Å². The van der Waals surface area contributed by atoms with Crippen LogP contribution in [-0.2, 0) is 16.1 Å². The van der Waals surface area contributed by atoms with Crippen LogP contribution in [0.5, 0.6) is 0 Å². The molecule has 1 atom stereocenters. The van der Waals surface area contributed by atoms with Crippen LogP contribution in [0, 0.1) is 21.7 Å². The Morgan fingerprint density at radius 2 is 1.58 bits per heavy atom. The van der Waals surface area contributed by atoms with Crippen LogP contribution in [-0.4, -0.2) is 26.6 Å². The van der Waals surface area contributed by atoms with Crippen molar-refractivity contribution in [3.63, 3.8) is 0 Å². The highest BCUT2D eigenvalue weighted by molar-refractivity contribution is 6.46. The molecule has 3 aromatic rings. The number of aliphatic hydroxyl groups is 1. The average molecular weight is 450 g/mol. The van der Waals surface area contributed by atoms with Crippen molar-refractivity contribution in [3.05, 3.63) is 117 Å². The predicted octanol–water partition coefficient (Wildman–Crippen LogP) is 4.49. The van der Waals surface area contributed by atoms with Crippen LogP contribution in [0.2, 0.25) is 0 Å². The van der Waals surface area contributed by atoms with E-state index in [-0.39, 0.29) is 23.4 Å². The summed E-state index contributed by atoms with van der Waals surface area (Å²) in [4.78, 5) is 37.6. The molecule has 166 valence electrons. The van der Waals surface area contributed by atoms with Crippen LogP contribution < -0.4 is 0 Å². The van der Waals surface area contributed by atoms with E-state index < -0.39 is 40.0 Å². The number of nitro groups is 1. The highest BCUT2D eigenvalue weighted by Crippen LogP contribution is 2.40. The van der Waals surface area contributed by atoms with E-state index in [2.05, 4.69) is 0 Å². The van der Waals surface area contributed by atoms with Crippen molar-refractivity contribution in [2.75, 3.05) is 0 Å². The van der Waals surface area contributed by atoms with Crippen molar-refractivity contribution in [2.45, 2.75) is 12.6 Å². The number of amides is 1. The van der Waals surface area contributed by atoms with Gasteiger partial charge in [0.25, 0.3) is 17.4 Å². The van der Waals surface area contributed by atoms with Crippen molar-refractivity contribution in [1.82, 2.24) is 4.90 Å². The Kier molecular flexibility index (Phi) is 5.70. The Morgan fingerprint density at radius 1 is 0.970 bits per heavy atom. The fourth-order valence-corrected chi connectivity index (χ4v) is 3.74. The zero-order chi connectivity index (χ0) is 23.7. The number of halogens is 2. The van der Waals surface area contributed by atoms with Gasteiger partial charge in [0.2, 0.25) is 0 Å². The Balaban J connectivity index is 1.86. The molecular weight excluding hydrogens is 434 g/mol. The van der Waals surface area contributed by atoms with Gasteiger partial charge in [-0.05, 0) is 35.4 Å². The topological polar surface area (TPSA) is 101 Å². The molecule has 1 aliphatic rings. The van der Waals surface area contributed by atoms with Gasteiger partial charge in [-0.15, -0.1) is 0 Å². The first kappa shape index (κ1) is 21.8. The lowest BCUT2D eigenvalue weighted by Crippen LogP contribution is -2.29. The number of nitrogens with zero attached hydrogens (tertiary/aromatic N) is 2. The second kappa shape index (κ2) is 8.62. The molecular formula is C24H16F2N2O5. The number of carbonyl (C=O) groups excluding carboxylic acids is 2. The molecule has 0 aliphatic carbocycles. The highest BCUT2D eigenvalue weighted by Gasteiger charge is 2.46. The lowest BCUT2D eigenvalue weighted by atomic mass is 9.95. The van der Waals surface area contributed by atoms with Crippen molar-refractivity contribution in [2.24, 2.45) is 0 Å². The van der Waals surface area contributed by atoms with E-state index in [1.165, 1.54) is 59.5 Å². The molecule has 1 amide bonds. The molecule has 9 heteroatoms. The number of aliphatic hydroxyl groups excluding tert-OH is 1. The first-order chi connectivity index (χ1) is 15.8. The van der Waals surface area contributed by atoms with Gasteiger partial charge in [-0.2, -0.15) is 0 Å². The number of Topliss-reactive ketones (excluding diaryl/α,β-unsaturated/α-hetero) is 1. The van der Waals surface area contributed by atoms with E-state index >= 15 is 0 Å². The van der Waals surface area contributed by atoms with Gasteiger partial charge in [0.15, 0.2) is 0 Å². The molecule has 1 fully saturated rings.